The van der Waals surface area contributed by atoms with Gasteiger partial charge in [0.1, 0.15) is 0 Å². The van der Waals surface area contributed by atoms with Gasteiger partial charge in [0.25, 0.3) is 0 Å². The van der Waals surface area contributed by atoms with E-state index in [1.54, 1.807) is 0 Å². The molecule has 0 aromatic heterocycles. The molecule has 0 unspecified atom stereocenters. The van der Waals surface area contributed by atoms with E-state index in [4.69, 9.17) is 0 Å². The molecule has 6 heteroatoms. The zero-order chi connectivity index (χ0) is 16.1. The largest absolute Gasteiger partial charge is 0.338 e. The van der Waals surface area contributed by atoms with E-state index in [-0.39, 0.29) is 0 Å². The highest BCUT2D eigenvalue weighted by molar-refractivity contribution is 5.89. The van der Waals surface area contributed by atoms with Gasteiger partial charge in [0, 0.05) is 6.54 Å². The first-order chi connectivity index (χ1) is 10.5. The van der Waals surface area contributed by atoms with Crippen molar-refractivity contribution in [2.75, 3.05) is 11.9 Å². The van der Waals surface area contributed by atoms with Crippen molar-refractivity contribution in [3.05, 3.63) is 65.0 Å². The van der Waals surface area contributed by atoms with Crippen LogP contribution in [-0.4, -0.2) is 12.6 Å². The molecule has 0 saturated carbocycles. The minimum Gasteiger partial charge on any atom is -0.338 e. The van der Waals surface area contributed by atoms with Gasteiger partial charge >= 0.3 is 6.03 Å². The standard InChI is InChI=1S/C16H15F3N2O/c1-10-2-4-11(5-3-10)8-9-20-16(22)21-13-7-6-12(17)14(18)15(13)19/h2-7H,8-9H2,1H3,(H2,20,21,22). The highest BCUT2D eigenvalue weighted by atomic mass is 19.2. The molecular weight excluding hydrogens is 293 g/mol. The Labute approximate surface area is 126 Å². The summed E-state index contributed by atoms with van der Waals surface area (Å²) in [4.78, 5) is 11.6. The van der Waals surface area contributed by atoms with Crippen molar-refractivity contribution in [1.29, 1.82) is 0 Å². The van der Waals surface area contributed by atoms with Gasteiger partial charge < -0.3 is 10.6 Å². The quantitative estimate of drug-likeness (QED) is 0.829. The average Bonchev–Trinajstić information content (AvgIpc) is 2.50. The van der Waals surface area contributed by atoms with Crippen LogP contribution < -0.4 is 10.6 Å². The van der Waals surface area contributed by atoms with Gasteiger partial charge in [0.05, 0.1) is 5.69 Å². The fraction of sp³-hybridized carbons (Fsp3) is 0.188. The molecule has 0 aliphatic heterocycles. The van der Waals surface area contributed by atoms with Crippen molar-refractivity contribution >= 4 is 11.7 Å². The molecule has 2 aromatic carbocycles. The second-order valence-corrected chi connectivity index (χ2v) is 4.84. The van der Waals surface area contributed by atoms with Gasteiger partial charge in [0.15, 0.2) is 17.5 Å². The third-order valence-electron chi connectivity index (χ3n) is 3.10. The molecule has 2 aromatic rings. The number of carbonyl (C=O) groups is 1. The van der Waals surface area contributed by atoms with Crippen LogP contribution in [0.25, 0.3) is 0 Å². The maximum Gasteiger partial charge on any atom is 0.319 e. The maximum absolute atomic E-state index is 13.4. The summed E-state index contributed by atoms with van der Waals surface area (Å²) in [5, 5.41) is 4.66. The highest BCUT2D eigenvalue weighted by Gasteiger charge is 2.14. The monoisotopic (exact) mass is 308 g/mol. The van der Waals surface area contributed by atoms with E-state index >= 15 is 0 Å². The number of anilines is 1. The summed E-state index contributed by atoms with van der Waals surface area (Å²) in [5.74, 6) is -4.34. The maximum atomic E-state index is 13.4. The number of hydrogen-bond acceptors (Lipinski definition) is 1. The van der Waals surface area contributed by atoms with Crippen LogP contribution in [-0.2, 0) is 6.42 Å². The van der Waals surface area contributed by atoms with E-state index < -0.39 is 29.2 Å². The molecule has 2 amide bonds. The lowest BCUT2D eigenvalue weighted by molar-refractivity contribution is 0.252. The van der Waals surface area contributed by atoms with Crippen LogP contribution in [0.1, 0.15) is 11.1 Å². The van der Waals surface area contributed by atoms with E-state index in [2.05, 4.69) is 10.6 Å². The summed E-state index contributed by atoms with van der Waals surface area (Å²) >= 11 is 0. The minimum atomic E-state index is -1.61. The Morgan fingerprint density at radius 3 is 2.36 bits per heavy atom. The Hall–Kier alpha value is -2.50. The van der Waals surface area contributed by atoms with Crippen LogP contribution in [0.4, 0.5) is 23.7 Å². The van der Waals surface area contributed by atoms with Crippen LogP contribution in [0.5, 0.6) is 0 Å². The van der Waals surface area contributed by atoms with Crippen molar-refractivity contribution < 1.29 is 18.0 Å². The Morgan fingerprint density at radius 2 is 1.68 bits per heavy atom. The molecule has 0 radical (unpaired) electrons. The SMILES string of the molecule is Cc1ccc(CCNC(=O)Nc2ccc(F)c(F)c2F)cc1. The lowest BCUT2D eigenvalue weighted by atomic mass is 10.1. The molecule has 116 valence electrons. The lowest BCUT2D eigenvalue weighted by Gasteiger charge is -2.09. The Balaban J connectivity index is 1.86. The normalized spacial score (nSPS) is 10.4. The predicted molar refractivity (Wildman–Crippen MR) is 78.2 cm³/mol. The van der Waals surface area contributed by atoms with Crippen molar-refractivity contribution in [3.8, 4) is 0 Å². The van der Waals surface area contributed by atoms with Gasteiger partial charge in [-0.3, -0.25) is 0 Å². The van der Waals surface area contributed by atoms with Crippen molar-refractivity contribution in [1.82, 2.24) is 5.32 Å². The average molecular weight is 308 g/mol. The van der Waals surface area contributed by atoms with Crippen LogP contribution in [0.3, 0.4) is 0 Å². The number of nitrogens with one attached hydrogen (secondary N) is 2. The van der Waals surface area contributed by atoms with Gasteiger partial charge in [-0.05, 0) is 31.0 Å². The van der Waals surface area contributed by atoms with Crippen molar-refractivity contribution in [3.63, 3.8) is 0 Å². The molecule has 0 fully saturated rings. The fourth-order valence-corrected chi connectivity index (χ4v) is 1.86. The van der Waals surface area contributed by atoms with Gasteiger partial charge in [-0.2, -0.15) is 0 Å². The minimum absolute atomic E-state index is 0.334. The predicted octanol–water partition coefficient (Wildman–Crippen LogP) is 3.78. The van der Waals surface area contributed by atoms with E-state index in [9.17, 15) is 18.0 Å². The van der Waals surface area contributed by atoms with Gasteiger partial charge in [-0.15, -0.1) is 0 Å². The number of carbonyl (C=O) groups excluding carboxylic acids is 1. The number of rotatable bonds is 4. The van der Waals surface area contributed by atoms with E-state index in [0.29, 0.717) is 13.0 Å². The third-order valence-corrected chi connectivity index (χ3v) is 3.10. The third kappa shape index (κ3) is 4.00. The molecule has 0 heterocycles. The first-order valence-corrected chi connectivity index (χ1v) is 6.71. The Kier molecular flexibility index (Phi) is 5.04. The Bertz CT molecular complexity index is 672. The molecule has 0 aliphatic rings. The number of halogens is 3. The van der Waals surface area contributed by atoms with Crippen LogP contribution in [0, 0.1) is 24.4 Å². The highest BCUT2D eigenvalue weighted by Crippen LogP contribution is 2.19. The van der Waals surface area contributed by atoms with Crippen LogP contribution in [0.2, 0.25) is 0 Å². The van der Waals surface area contributed by atoms with E-state index in [0.717, 1.165) is 23.3 Å². The van der Waals surface area contributed by atoms with Gasteiger partial charge in [-0.25, -0.2) is 18.0 Å². The number of aryl methyl sites for hydroxylation is 1. The molecular formula is C16H15F3N2O. The molecule has 0 saturated heterocycles. The molecule has 2 N–H and O–H groups in total. The summed E-state index contributed by atoms with van der Waals surface area (Å²) in [6, 6.07) is 8.86. The molecule has 2 rings (SSSR count). The zero-order valence-electron chi connectivity index (χ0n) is 11.9. The van der Waals surface area contributed by atoms with Crippen molar-refractivity contribution in [2.45, 2.75) is 13.3 Å². The number of benzene rings is 2. The Morgan fingerprint density at radius 1 is 1.00 bits per heavy atom. The smallest absolute Gasteiger partial charge is 0.319 e. The van der Waals surface area contributed by atoms with Gasteiger partial charge in [0.2, 0.25) is 0 Å². The lowest BCUT2D eigenvalue weighted by Crippen LogP contribution is -2.30. The van der Waals surface area contributed by atoms with E-state index in [1.807, 2.05) is 31.2 Å². The summed E-state index contributed by atoms with van der Waals surface area (Å²) < 4.78 is 39.2. The molecule has 0 atom stereocenters. The molecule has 22 heavy (non-hydrogen) atoms. The molecule has 0 spiro atoms. The number of amides is 2. The van der Waals surface area contributed by atoms with Crippen LogP contribution >= 0.6 is 0 Å². The van der Waals surface area contributed by atoms with E-state index in [1.165, 1.54) is 0 Å². The second kappa shape index (κ2) is 6.98. The van der Waals surface area contributed by atoms with Crippen LogP contribution in [0.15, 0.2) is 36.4 Å². The topological polar surface area (TPSA) is 41.1 Å². The number of urea groups is 1. The molecule has 3 nitrogen and oxygen atoms in total. The number of hydrogen-bond donors (Lipinski definition) is 2. The first-order valence-electron chi connectivity index (χ1n) is 6.71. The molecule has 0 bridgehead atoms. The fourth-order valence-electron chi connectivity index (χ4n) is 1.86. The molecule has 0 aliphatic carbocycles. The second-order valence-electron chi connectivity index (χ2n) is 4.84. The first kappa shape index (κ1) is 15.9. The summed E-state index contributed by atoms with van der Waals surface area (Å²) in [5.41, 5.74) is 1.78. The summed E-state index contributed by atoms with van der Waals surface area (Å²) in [6.07, 6.45) is 0.605. The zero-order valence-corrected chi connectivity index (χ0v) is 11.9. The van der Waals surface area contributed by atoms with Crippen molar-refractivity contribution in [2.24, 2.45) is 0 Å². The summed E-state index contributed by atoms with van der Waals surface area (Å²) in [7, 11) is 0. The van der Waals surface area contributed by atoms with Gasteiger partial charge in [-0.1, -0.05) is 29.8 Å². The summed E-state index contributed by atoms with van der Waals surface area (Å²) in [6.45, 7) is 2.31.